The number of carbonyl (C=O) groups excluding carboxylic acids is 1. The van der Waals surface area contributed by atoms with Crippen molar-refractivity contribution < 1.29 is 4.79 Å². The molecular weight excluding hydrogens is 164 g/mol. The number of para-hydroxylation sites is 1. The molecule has 0 aliphatic carbocycles. The van der Waals surface area contributed by atoms with Gasteiger partial charge in [0, 0.05) is 0 Å². The van der Waals surface area contributed by atoms with E-state index in [1.165, 1.54) is 0 Å². The van der Waals surface area contributed by atoms with E-state index in [2.05, 4.69) is 10.6 Å². The van der Waals surface area contributed by atoms with Gasteiger partial charge in [0.2, 0.25) is 0 Å². The average molecular weight is 168 g/mol. The van der Waals surface area contributed by atoms with Crippen molar-refractivity contribution in [2.24, 2.45) is 0 Å². The predicted octanol–water partition coefficient (Wildman–Crippen LogP) is 2.12. The maximum absolute atomic E-state index is 10.7. The fourth-order valence-electron chi connectivity index (χ4n) is 0.974. The Labute approximate surface area is 68.4 Å². The molecule has 0 aromatic heterocycles. The largest absolute Gasteiger partial charge is 0.346 e. The summed E-state index contributed by atoms with van der Waals surface area (Å²) in [5, 5.41) is 6.73. The second-order valence-electron chi connectivity index (χ2n) is 2.18. The molecule has 1 aliphatic heterocycles. The number of hydrogen-bond acceptors (Lipinski definition) is 1. The highest BCUT2D eigenvalue weighted by molar-refractivity contribution is 6.35. The van der Waals surface area contributed by atoms with Crippen molar-refractivity contribution in [3.05, 3.63) is 23.2 Å². The molecule has 2 rings (SSSR count). The molecule has 55 valence electrons. The normalized spacial score (nSPS) is 13.7. The molecule has 0 unspecified atom stereocenters. The van der Waals surface area contributed by atoms with E-state index in [4.69, 9.17) is 11.6 Å². The van der Waals surface area contributed by atoms with Gasteiger partial charge < -0.3 is 5.32 Å². The van der Waals surface area contributed by atoms with E-state index in [0.717, 1.165) is 0 Å². The van der Waals surface area contributed by atoms with Gasteiger partial charge in [0.25, 0.3) is 0 Å². The first-order chi connectivity index (χ1) is 5.27. The summed E-state index contributed by atoms with van der Waals surface area (Å²) < 4.78 is 0. The van der Waals surface area contributed by atoms with Gasteiger partial charge >= 0.3 is 6.03 Å². The molecule has 0 spiro atoms. The van der Waals surface area contributed by atoms with E-state index in [0.29, 0.717) is 16.4 Å². The molecule has 1 aromatic rings. The number of nitrogens with zero attached hydrogens (tertiary/aromatic N) is 1. The summed E-state index contributed by atoms with van der Waals surface area (Å²) in [7, 11) is 0. The number of halogens is 1. The zero-order chi connectivity index (χ0) is 7.84. The highest BCUT2D eigenvalue weighted by Crippen LogP contribution is 2.33. The second kappa shape index (κ2) is 2.13. The van der Waals surface area contributed by atoms with Crippen molar-refractivity contribution in [1.29, 1.82) is 0 Å². The van der Waals surface area contributed by atoms with Crippen LogP contribution in [0.5, 0.6) is 0 Å². The highest BCUT2D eigenvalue weighted by atomic mass is 35.5. The Morgan fingerprint density at radius 1 is 1.45 bits per heavy atom. The number of urea groups is 1. The summed E-state index contributed by atoms with van der Waals surface area (Å²) >= 11 is 5.76. The van der Waals surface area contributed by atoms with Crippen LogP contribution in [0.2, 0.25) is 5.02 Å². The maximum atomic E-state index is 10.7. The zero-order valence-corrected chi connectivity index (χ0v) is 6.22. The van der Waals surface area contributed by atoms with Crippen LogP contribution < -0.4 is 10.6 Å². The lowest BCUT2D eigenvalue weighted by atomic mass is 10.3. The third-order valence-electron chi connectivity index (χ3n) is 1.45. The third kappa shape index (κ3) is 0.935. The molecule has 0 saturated heterocycles. The summed E-state index contributed by atoms with van der Waals surface area (Å²) in [5.74, 6) is 0. The van der Waals surface area contributed by atoms with Crippen molar-refractivity contribution in [3.63, 3.8) is 0 Å². The van der Waals surface area contributed by atoms with Crippen LogP contribution in [0, 0.1) is 0 Å². The SMILES string of the molecule is O=C1[N]c2cccc(Cl)c2N1. The monoisotopic (exact) mass is 167 g/mol. The summed E-state index contributed by atoms with van der Waals surface area (Å²) in [5.41, 5.74) is 1.22. The zero-order valence-electron chi connectivity index (χ0n) is 5.47. The van der Waals surface area contributed by atoms with E-state index in [-0.39, 0.29) is 6.03 Å². The molecule has 1 radical (unpaired) electrons. The molecule has 1 aliphatic rings. The molecule has 1 aromatic carbocycles. The Balaban J connectivity index is 2.57. The van der Waals surface area contributed by atoms with Crippen LogP contribution in [0.1, 0.15) is 0 Å². The van der Waals surface area contributed by atoms with Gasteiger partial charge in [-0.2, -0.15) is 5.32 Å². The molecule has 1 N–H and O–H groups in total. The number of amides is 2. The van der Waals surface area contributed by atoms with Crippen LogP contribution in [0.15, 0.2) is 18.2 Å². The summed E-state index contributed by atoms with van der Waals surface area (Å²) in [6.45, 7) is 0. The number of benzene rings is 1. The molecule has 0 atom stereocenters. The van der Waals surface area contributed by atoms with Crippen LogP contribution in [0.4, 0.5) is 16.2 Å². The number of rotatable bonds is 0. The topological polar surface area (TPSA) is 43.2 Å². The van der Waals surface area contributed by atoms with Gasteiger partial charge in [-0.15, -0.1) is 0 Å². The lowest BCUT2D eigenvalue weighted by Gasteiger charge is -1.96. The van der Waals surface area contributed by atoms with Crippen molar-refractivity contribution in [3.8, 4) is 0 Å². The summed E-state index contributed by atoms with van der Waals surface area (Å²) in [4.78, 5) is 10.7. The van der Waals surface area contributed by atoms with E-state index < -0.39 is 0 Å². The van der Waals surface area contributed by atoms with Crippen LogP contribution in [0.3, 0.4) is 0 Å². The number of carbonyl (C=O) groups is 1. The predicted molar refractivity (Wildman–Crippen MR) is 42.3 cm³/mol. The summed E-state index contributed by atoms with van der Waals surface area (Å²) in [6, 6.07) is 4.85. The van der Waals surface area contributed by atoms with E-state index in [1.807, 2.05) is 0 Å². The minimum atomic E-state index is -0.354. The fraction of sp³-hybridized carbons (Fsp3) is 0. The molecule has 1 heterocycles. The molecule has 0 bridgehead atoms. The lowest BCUT2D eigenvalue weighted by Crippen LogP contribution is -2.08. The van der Waals surface area contributed by atoms with Crippen molar-refractivity contribution >= 4 is 29.0 Å². The van der Waals surface area contributed by atoms with Gasteiger partial charge in [-0.25, -0.2) is 4.79 Å². The van der Waals surface area contributed by atoms with Gasteiger partial charge in [-0.05, 0) is 12.1 Å². The standard InChI is InChI=1S/C7H4ClN2O/c8-4-2-1-3-5-6(4)10-7(11)9-5/h1-3H,(H,10,11). The molecular formula is C7H4ClN2O. The number of hydrogen-bond donors (Lipinski definition) is 1. The maximum Gasteiger partial charge on any atom is 0.346 e. The number of nitrogens with one attached hydrogen (secondary N) is 1. The molecule has 3 nitrogen and oxygen atoms in total. The average Bonchev–Trinajstić information content (AvgIpc) is 2.31. The van der Waals surface area contributed by atoms with Crippen LogP contribution in [-0.4, -0.2) is 6.03 Å². The lowest BCUT2D eigenvalue weighted by molar-refractivity contribution is 0.256. The minimum Gasteiger partial charge on any atom is -0.303 e. The first-order valence-corrected chi connectivity index (χ1v) is 3.46. The Bertz CT molecular complexity index is 324. The summed E-state index contributed by atoms with van der Waals surface area (Å²) in [6.07, 6.45) is 0. The molecule has 11 heavy (non-hydrogen) atoms. The first kappa shape index (κ1) is 6.49. The minimum absolute atomic E-state index is 0.354. The highest BCUT2D eigenvalue weighted by Gasteiger charge is 2.20. The van der Waals surface area contributed by atoms with Gasteiger partial charge in [0.05, 0.1) is 16.4 Å². The van der Waals surface area contributed by atoms with Crippen molar-refractivity contribution in [2.75, 3.05) is 5.32 Å². The van der Waals surface area contributed by atoms with Gasteiger partial charge in [-0.1, -0.05) is 17.7 Å². The molecule has 2 amide bonds. The van der Waals surface area contributed by atoms with Crippen LogP contribution in [-0.2, 0) is 0 Å². The van der Waals surface area contributed by atoms with Crippen LogP contribution in [0.25, 0.3) is 0 Å². The Hall–Kier alpha value is -1.22. The first-order valence-electron chi connectivity index (χ1n) is 3.08. The smallest absolute Gasteiger partial charge is 0.303 e. The second-order valence-corrected chi connectivity index (χ2v) is 2.58. The molecule has 0 saturated carbocycles. The van der Waals surface area contributed by atoms with Gasteiger partial charge in [0.15, 0.2) is 0 Å². The number of anilines is 1. The Kier molecular flexibility index (Phi) is 1.26. The van der Waals surface area contributed by atoms with Gasteiger partial charge in [-0.3, -0.25) is 0 Å². The number of fused-ring (bicyclic) bond motifs is 1. The van der Waals surface area contributed by atoms with E-state index >= 15 is 0 Å². The fourth-order valence-corrected chi connectivity index (χ4v) is 1.19. The molecule has 0 fully saturated rings. The Morgan fingerprint density at radius 2 is 2.27 bits per heavy atom. The van der Waals surface area contributed by atoms with Gasteiger partial charge in [0.1, 0.15) is 0 Å². The van der Waals surface area contributed by atoms with E-state index in [9.17, 15) is 4.79 Å². The van der Waals surface area contributed by atoms with E-state index in [1.54, 1.807) is 18.2 Å². The van der Waals surface area contributed by atoms with Crippen LogP contribution >= 0.6 is 11.6 Å². The van der Waals surface area contributed by atoms with Crippen molar-refractivity contribution in [2.45, 2.75) is 0 Å². The third-order valence-corrected chi connectivity index (χ3v) is 1.76. The molecule has 4 heteroatoms. The van der Waals surface area contributed by atoms with Crippen molar-refractivity contribution in [1.82, 2.24) is 5.32 Å². The Morgan fingerprint density at radius 3 is 3.00 bits per heavy atom. The quantitative estimate of drug-likeness (QED) is 0.632.